The van der Waals surface area contributed by atoms with E-state index >= 15 is 0 Å². The first kappa shape index (κ1) is 13.5. The Labute approximate surface area is 110 Å². The van der Waals surface area contributed by atoms with E-state index in [0.717, 1.165) is 25.2 Å². The molecule has 19 heavy (non-hydrogen) atoms. The Kier molecular flexibility index (Phi) is 4.16. The number of amides is 1. The molecule has 7 nitrogen and oxygen atoms in total. The van der Waals surface area contributed by atoms with Crippen molar-refractivity contribution in [3.05, 3.63) is 22.6 Å². The van der Waals surface area contributed by atoms with Crippen LogP contribution < -0.4 is 15.8 Å². The molecule has 2 rings (SSSR count). The van der Waals surface area contributed by atoms with Crippen LogP contribution in [0.1, 0.15) is 6.42 Å². The minimum atomic E-state index is -0.477. The number of aryl methyl sites for hydroxylation is 1. The number of anilines is 1. The molecule has 1 aliphatic rings. The SMILES string of the molecule is Cn1ncc(N2CC[C@@H](CNC(=O)CO)C2)cc1=O. The monoisotopic (exact) mass is 266 g/mol. The van der Waals surface area contributed by atoms with Crippen LogP contribution in [0, 0.1) is 5.92 Å². The van der Waals surface area contributed by atoms with Crippen molar-refractivity contribution in [3.8, 4) is 0 Å². The first-order valence-electron chi connectivity index (χ1n) is 6.26. The molecule has 2 N–H and O–H groups in total. The van der Waals surface area contributed by atoms with Crippen molar-refractivity contribution >= 4 is 11.6 Å². The van der Waals surface area contributed by atoms with Gasteiger partial charge in [0, 0.05) is 32.7 Å². The Hall–Kier alpha value is -1.89. The molecule has 0 spiro atoms. The first-order chi connectivity index (χ1) is 9.10. The van der Waals surface area contributed by atoms with Crippen LogP contribution >= 0.6 is 0 Å². The Morgan fingerprint density at radius 2 is 2.42 bits per heavy atom. The summed E-state index contributed by atoms with van der Waals surface area (Å²) < 4.78 is 1.29. The molecule has 2 heterocycles. The summed E-state index contributed by atoms with van der Waals surface area (Å²) >= 11 is 0. The standard InChI is InChI=1S/C12H18N4O3/c1-15-12(19)4-10(6-14-15)16-3-2-9(7-16)5-13-11(18)8-17/h4,6,9,17H,2-3,5,7-8H2,1H3,(H,13,18)/t9-/m0/s1. The van der Waals surface area contributed by atoms with E-state index in [4.69, 9.17) is 5.11 Å². The molecule has 0 aromatic carbocycles. The maximum Gasteiger partial charge on any atom is 0.268 e. The van der Waals surface area contributed by atoms with E-state index in [-0.39, 0.29) is 11.5 Å². The zero-order valence-corrected chi connectivity index (χ0v) is 10.9. The molecule has 104 valence electrons. The maximum atomic E-state index is 11.5. The zero-order valence-electron chi connectivity index (χ0n) is 10.9. The van der Waals surface area contributed by atoms with Gasteiger partial charge in [0.25, 0.3) is 5.56 Å². The number of aliphatic hydroxyl groups excluding tert-OH is 1. The Morgan fingerprint density at radius 3 is 3.11 bits per heavy atom. The molecule has 0 bridgehead atoms. The van der Waals surface area contributed by atoms with Crippen molar-refractivity contribution in [2.45, 2.75) is 6.42 Å². The fourth-order valence-electron chi connectivity index (χ4n) is 2.18. The average molecular weight is 266 g/mol. The minimum Gasteiger partial charge on any atom is -0.387 e. The van der Waals surface area contributed by atoms with Gasteiger partial charge in [0.15, 0.2) is 0 Å². The third-order valence-corrected chi connectivity index (χ3v) is 3.34. The number of aromatic nitrogens is 2. The highest BCUT2D eigenvalue weighted by molar-refractivity contribution is 5.76. The third-order valence-electron chi connectivity index (χ3n) is 3.34. The predicted octanol–water partition coefficient (Wildman–Crippen LogP) is -1.28. The third kappa shape index (κ3) is 3.31. The number of carbonyl (C=O) groups is 1. The van der Waals surface area contributed by atoms with Gasteiger partial charge in [-0.2, -0.15) is 5.10 Å². The molecule has 0 unspecified atom stereocenters. The molecule has 7 heteroatoms. The Bertz CT molecular complexity index is 514. The second-order valence-corrected chi connectivity index (χ2v) is 4.74. The lowest BCUT2D eigenvalue weighted by atomic mass is 10.1. The second kappa shape index (κ2) is 5.83. The van der Waals surface area contributed by atoms with Crippen LogP contribution in [0.4, 0.5) is 5.69 Å². The number of aliphatic hydroxyl groups is 1. The Balaban J connectivity index is 1.92. The lowest BCUT2D eigenvalue weighted by molar-refractivity contribution is -0.123. The van der Waals surface area contributed by atoms with E-state index in [2.05, 4.69) is 15.3 Å². The highest BCUT2D eigenvalue weighted by Crippen LogP contribution is 2.21. The van der Waals surface area contributed by atoms with Gasteiger partial charge in [-0.25, -0.2) is 4.68 Å². The summed E-state index contributed by atoms with van der Waals surface area (Å²) in [5.74, 6) is -0.0201. The zero-order chi connectivity index (χ0) is 13.8. The summed E-state index contributed by atoms with van der Waals surface area (Å²) in [6, 6.07) is 1.57. The van der Waals surface area contributed by atoms with Crippen molar-refractivity contribution in [2.75, 3.05) is 31.1 Å². The summed E-state index contributed by atoms with van der Waals surface area (Å²) in [6.45, 7) is 1.69. The van der Waals surface area contributed by atoms with E-state index in [1.807, 2.05) is 0 Å². The number of carbonyl (C=O) groups excluding carboxylic acids is 1. The van der Waals surface area contributed by atoms with Crippen LogP contribution in [-0.2, 0) is 11.8 Å². The molecule has 1 fully saturated rings. The van der Waals surface area contributed by atoms with Gasteiger partial charge in [-0.3, -0.25) is 9.59 Å². The predicted molar refractivity (Wildman–Crippen MR) is 69.9 cm³/mol. The molecule has 0 aliphatic carbocycles. The van der Waals surface area contributed by atoms with Crippen molar-refractivity contribution in [1.29, 1.82) is 0 Å². The van der Waals surface area contributed by atoms with E-state index in [1.165, 1.54) is 4.68 Å². The van der Waals surface area contributed by atoms with Gasteiger partial charge < -0.3 is 15.3 Å². The summed E-state index contributed by atoms with van der Waals surface area (Å²) in [7, 11) is 1.61. The molecule has 0 radical (unpaired) electrons. The Morgan fingerprint density at radius 1 is 1.63 bits per heavy atom. The summed E-state index contributed by atoms with van der Waals surface area (Å²) in [5, 5.41) is 15.3. The van der Waals surface area contributed by atoms with Gasteiger partial charge in [-0.1, -0.05) is 0 Å². The van der Waals surface area contributed by atoms with E-state index in [0.29, 0.717) is 12.5 Å². The average Bonchev–Trinajstić information content (AvgIpc) is 2.88. The van der Waals surface area contributed by atoms with E-state index in [9.17, 15) is 9.59 Å². The molecule has 1 atom stereocenters. The van der Waals surface area contributed by atoms with Crippen LogP contribution in [0.5, 0.6) is 0 Å². The van der Waals surface area contributed by atoms with Crippen molar-refractivity contribution in [2.24, 2.45) is 13.0 Å². The van der Waals surface area contributed by atoms with Gasteiger partial charge in [0.2, 0.25) is 5.91 Å². The van der Waals surface area contributed by atoms with Crippen LogP contribution in [0.2, 0.25) is 0 Å². The number of hydrogen-bond acceptors (Lipinski definition) is 5. The highest BCUT2D eigenvalue weighted by Gasteiger charge is 2.23. The van der Waals surface area contributed by atoms with Crippen molar-refractivity contribution in [3.63, 3.8) is 0 Å². The quantitative estimate of drug-likeness (QED) is 0.708. The minimum absolute atomic E-state index is 0.130. The number of nitrogens with zero attached hydrogens (tertiary/aromatic N) is 3. The number of nitrogens with one attached hydrogen (secondary N) is 1. The molecule has 0 saturated carbocycles. The van der Waals surface area contributed by atoms with Gasteiger partial charge in [0.05, 0.1) is 11.9 Å². The summed E-state index contributed by atoms with van der Waals surface area (Å²) in [5.41, 5.74) is 0.689. The van der Waals surface area contributed by atoms with Gasteiger partial charge >= 0.3 is 0 Å². The van der Waals surface area contributed by atoms with Crippen molar-refractivity contribution in [1.82, 2.24) is 15.1 Å². The lowest BCUT2D eigenvalue weighted by Gasteiger charge is -2.18. The molecular formula is C12H18N4O3. The van der Waals surface area contributed by atoms with Crippen LogP contribution in [0.25, 0.3) is 0 Å². The lowest BCUT2D eigenvalue weighted by Crippen LogP contribution is -2.33. The summed E-state index contributed by atoms with van der Waals surface area (Å²) in [4.78, 5) is 24.6. The first-order valence-corrected chi connectivity index (χ1v) is 6.26. The van der Waals surface area contributed by atoms with Gasteiger partial charge in [0.1, 0.15) is 6.61 Å². The van der Waals surface area contributed by atoms with E-state index < -0.39 is 6.61 Å². The number of hydrogen-bond donors (Lipinski definition) is 2. The molecule has 1 aromatic heterocycles. The molecule has 1 aromatic rings. The smallest absolute Gasteiger partial charge is 0.268 e. The second-order valence-electron chi connectivity index (χ2n) is 4.74. The van der Waals surface area contributed by atoms with Crippen LogP contribution in [0.15, 0.2) is 17.1 Å². The largest absolute Gasteiger partial charge is 0.387 e. The van der Waals surface area contributed by atoms with Crippen LogP contribution in [0.3, 0.4) is 0 Å². The molecular weight excluding hydrogens is 248 g/mol. The fourth-order valence-corrected chi connectivity index (χ4v) is 2.18. The topological polar surface area (TPSA) is 87.5 Å². The van der Waals surface area contributed by atoms with Crippen molar-refractivity contribution < 1.29 is 9.90 Å². The molecule has 1 amide bonds. The van der Waals surface area contributed by atoms with E-state index in [1.54, 1.807) is 19.3 Å². The fraction of sp³-hybridized carbons (Fsp3) is 0.583. The highest BCUT2D eigenvalue weighted by atomic mass is 16.3. The normalized spacial score (nSPS) is 18.6. The maximum absolute atomic E-state index is 11.5. The summed E-state index contributed by atoms with van der Waals surface area (Å²) in [6.07, 6.45) is 2.62. The molecule has 1 aliphatic heterocycles. The molecule has 1 saturated heterocycles. The van der Waals surface area contributed by atoms with Gasteiger partial charge in [-0.15, -0.1) is 0 Å². The van der Waals surface area contributed by atoms with Gasteiger partial charge in [-0.05, 0) is 12.3 Å². The number of rotatable bonds is 4. The van der Waals surface area contributed by atoms with Crippen LogP contribution in [-0.4, -0.2) is 47.0 Å².